The summed E-state index contributed by atoms with van der Waals surface area (Å²) in [5, 5.41) is 8.61. The average molecular weight is 274 g/mol. The van der Waals surface area contributed by atoms with Crippen molar-refractivity contribution in [2.24, 2.45) is 0 Å². The summed E-state index contributed by atoms with van der Waals surface area (Å²) >= 11 is 0. The third kappa shape index (κ3) is 3.05. The number of sulfonamides is 1. The van der Waals surface area contributed by atoms with Crippen molar-refractivity contribution in [2.45, 2.75) is 11.8 Å². The highest BCUT2D eigenvalue weighted by atomic mass is 32.2. The Hall–Kier alpha value is -2.46. The van der Waals surface area contributed by atoms with E-state index >= 15 is 0 Å². The zero-order valence-electron chi connectivity index (χ0n) is 10.0. The molecule has 0 bridgehead atoms. The molecule has 0 aliphatic carbocycles. The number of nitrogens with zero attached hydrogens (tertiary/aromatic N) is 3. The predicted octanol–water partition coefficient (Wildman–Crippen LogP) is 1.46. The van der Waals surface area contributed by atoms with Gasteiger partial charge in [-0.3, -0.25) is 4.72 Å². The summed E-state index contributed by atoms with van der Waals surface area (Å²) in [5.41, 5.74) is 1.05. The second-order valence-corrected chi connectivity index (χ2v) is 5.50. The summed E-state index contributed by atoms with van der Waals surface area (Å²) in [7, 11) is -3.74. The summed E-state index contributed by atoms with van der Waals surface area (Å²) in [4.78, 5) is 7.62. The number of anilines is 1. The molecule has 2 heterocycles. The Morgan fingerprint density at radius 3 is 2.63 bits per heavy atom. The molecule has 0 aliphatic rings. The number of hydrogen-bond acceptors (Lipinski definition) is 5. The molecule has 6 nitrogen and oxygen atoms in total. The molecule has 96 valence electrons. The van der Waals surface area contributed by atoms with Gasteiger partial charge in [0, 0.05) is 12.4 Å². The quantitative estimate of drug-likeness (QED) is 0.914. The van der Waals surface area contributed by atoms with Crippen molar-refractivity contribution in [1.29, 1.82) is 5.26 Å². The first-order chi connectivity index (χ1) is 9.01. The third-order valence-electron chi connectivity index (χ3n) is 2.32. The van der Waals surface area contributed by atoms with Gasteiger partial charge in [0.2, 0.25) is 0 Å². The molecule has 2 aromatic rings. The van der Waals surface area contributed by atoms with E-state index < -0.39 is 10.0 Å². The Bertz CT molecular complexity index is 733. The van der Waals surface area contributed by atoms with Crippen molar-refractivity contribution >= 4 is 15.8 Å². The molecular formula is C12H10N4O2S. The second-order valence-electron chi connectivity index (χ2n) is 3.81. The third-order valence-corrected chi connectivity index (χ3v) is 3.66. The van der Waals surface area contributed by atoms with Crippen LogP contribution in [0.25, 0.3) is 0 Å². The Morgan fingerprint density at radius 1 is 1.26 bits per heavy atom. The van der Waals surface area contributed by atoms with Gasteiger partial charge in [-0.2, -0.15) is 5.26 Å². The van der Waals surface area contributed by atoms with Crippen molar-refractivity contribution in [2.75, 3.05) is 4.72 Å². The van der Waals surface area contributed by atoms with Gasteiger partial charge in [-0.15, -0.1) is 0 Å². The van der Waals surface area contributed by atoms with Gasteiger partial charge in [0.25, 0.3) is 10.0 Å². The minimum absolute atomic E-state index is 0.0187. The Labute approximate surface area is 110 Å². The van der Waals surface area contributed by atoms with E-state index in [-0.39, 0.29) is 16.4 Å². The van der Waals surface area contributed by atoms with Gasteiger partial charge >= 0.3 is 0 Å². The molecule has 0 radical (unpaired) electrons. The maximum absolute atomic E-state index is 12.0. The lowest BCUT2D eigenvalue weighted by Gasteiger charge is -2.07. The summed E-state index contributed by atoms with van der Waals surface area (Å²) in [6.07, 6.45) is 2.65. The first-order valence-electron chi connectivity index (χ1n) is 5.33. The van der Waals surface area contributed by atoms with E-state index in [0.717, 1.165) is 11.8 Å². The molecule has 7 heteroatoms. The lowest BCUT2D eigenvalue weighted by atomic mass is 10.3. The fraction of sp³-hybridized carbons (Fsp3) is 0.0833. The first kappa shape index (κ1) is 13.0. The average Bonchev–Trinajstić information content (AvgIpc) is 2.38. The molecule has 2 aromatic heterocycles. The number of nitrogens with one attached hydrogen (secondary N) is 1. The van der Waals surface area contributed by atoms with E-state index in [0.29, 0.717) is 0 Å². The number of rotatable bonds is 3. The second kappa shape index (κ2) is 5.04. The standard InChI is InChI=1S/C12H10N4O2S/c1-9-4-5-14-12(6-9)16-19(17,18)11-3-2-10(7-13)15-8-11/h2-6,8H,1H3,(H,14,16). The van der Waals surface area contributed by atoms with Gasteiger partial charge in [0.15, 0.2) is 0 Å². The highest BCUT2D eigenvalue weighted by molar-refractivity contribution is 7.92. The van der Waals surface area contributed by atoms with E-state index in [4.69, 9.17) is 5.26 Å². The van der Waals surface area contributed by atoms with Crippen LogP contribution >= 0.6 is 0 Å². The Kier molecular flexibility index (Phi) is 3.44. The molecule has 0 saturated carbocycles. The molecule has 0 fully saturated rings. The van der Waals surface area contributed by atoms with Crippen molar-refractivity contribution < 1.29 is 8.42 Å². The molecule has 2 rings (SSSR count). The molecule has 0 saturated heterocycles. The van der Waals surface area contributed by atoms with Gasteiger partial charge in [-0.25, -0.2) is 18.4 Å². The fourth-order valence-corrected chi connectivity index (χ4v) is 2.34. The van der Waals surface area contributed by atoms with Crippen LogP contribution in [0.5, 0.6) is 0 Å². The summed E-state index contributed by atoms with van der Waals surface area (Å²) in [5.74, 6) is 0.240. The lowest BCUT2D eigenvalue weighted by molar-refractivity contribution is 0.600. The van der Waals surface area contributed by atoms with E-state index in [1.807, 2.05) is 13.0 Å². The van der Waals surface area contributed by atoms with Crippen LogP contribution in [0.15, 0.2) is 41.6 Å². The Morgan fingerprint density at radius 2 is 2.05 bits per heavy atom. The molecule has 19 heavy (non-hydrogen) atoms. The molecule has 0 aliphatic heterocycles. The van der Waals surface area contributed by atoms with Crippen molar-refractivity contribution in [1.82, 2.24) is 9.97 Å². The highest BCUT2D eigenvalue weighted by Gasteiger charge is 2.15. The molecule has 0 atom stereocenters. The maximum Gasteiger partial charge on any atom is 0.264 e. The zero-order valence-corrected chi connectivity index (χ0v) is 10.8. The molecule has 0 spiro atoms. The Balaban J connectivity index is 2.30. The number of nitriles is 1. The molecular weight excluding hydrogens is 264 g/mol. The van der Waals surface area contributed by atoms with E-state index in [1.54, 1.807) is 12.1 Å². The maximum atomic E-state index is 12.0. The van der Waals surface area contributed by atoms with E-state index in [9.17, 15) is 8.42 Å². The minimum atomic E-state index is -3.74. The smallest absolute Gasteiger partial charge is 0.263 e. The van der Waals surface area contributed by atoms with Gasteiger partial charge in [0.05, 0.1) is 0 Å². The van der Waals surface area contributed by atoms with Gasteiger partial charge < -0.3 is 0 Å². The SMILES string of the molecule is Cc1ccnc(NS(=O)(=O)c2ccc(C#N)nc2)c1. The van der Waals surface area contributed by atoms with Crippen molar-refractivity contribution in [3.05, 3.63) is 47.9 Å². The first-order valence-corrected chi connectivity index (χ1v) is 6.81. The molecule has 1 N–H and O–H groups in total. The number of pyridine rings is 2. The van der Waals surface area contributed by atoms with Crippen molar-refractivity contribution in [3.8, 4) is 6.07 Å². The number of aromatic nitrogens is 2. The zero-order chi connectivity index (χ0) is 13.9. The van der Waals surface area contributed by atoms with Crippen LogP contribution in [0.2, 0.25) is 0 Å². The van der Waals surface area contributed by atoms with Gasteiger partial charge in [-0.1, -0.05) is 0 Å². The van der Waals surface area contributed by atoms with Crippen LogP contribution in [-0.2, 0) is 10.0 Å². The van der Waals surface area contributed by atoms with Crippen LogP contribution in [0.3, 0.4) is 0 Å². The lowest BCUT2D eigenvalue weighted by Crippen LogP contribution is -2.14. The van der Waals surface area contributed by atoms with Crippen LogP contribution in [0, 0.1) is 18.3 Å². The topological polar surface area (TPSA) is 95.7 Å². The number of aryl methyl sites for hydroxylation is 1. The van der Waals surface area contributed by atoms with Crippen LogP contribution in [0.1, 0.15) is 11.3 Å². The van der Waals surface area contributed by atoms with Crippen molar-refractivity contribution in [3.63, 3.8) is 0 Å². The summed E-state index contributed by atoms with van der Waals surface area (Å²) in [6.45, 7) is 1.84. The largest absolute Gasteiger partial charge is 0.264 e. The molecule has 0 amide bonds. The summed E-state index contributed by atoms with van der Waals surface area (Å²) in [6, 6.07) is 7.88. The molecule has 0 unspecified atom stereocenters. The van der Waals surface area contributed by atoms with E-state index in [1.165, 1.54) is 18.3 Å². The fourth-order valence-electron chi connectivity index (χ4n) is 1.39. The normalized spacial score (nSPS) is 10.7. The predicted molar refractivity (Wildman–Crippen MR) is 68.7 cm³/mol. The van der Waals surface area contributed by atoms with Crippen LogP contribution in [0.4, 0.5) is 5.82 Å². The minimum Gasteiger partial charge on any atom is -0.263 e. The van der Waals surface area contributed by atoms with Crippen LogP contribution in [-0.4, -0.2) is 18.4 Å². The highest BCUT2D eigenvalue weighted by Crippen LogP contribution is 2.14. The van der Waals surface area contributed by atoms with Crippen LogP contribution < -0.4 is 4.72 Å². The van der Waals surface area contributed by atoms with Gasteiger partial charge in [0.1, 0.15) is 22.5 Å². The monoisotopic (exact) mass is 274 g/mol. The summed E-state index contributed by atoms with van der Waals surface area (Å²) < 4.78 is 26.4. The molecule has 0 aromatic carbocycles. The van der Waals surface area contributed by atoms with E-state index in [2.05, 4.69) is 14.7 Å². The van der Waals surface area contributed by atoms with Gasteiger partial charge in [-0.05, 0) is 36.8 Å². The number of hydrogen-bond donors (Lipinski definition) is 1.